The van der Waals surface area contributed by atoms with Crippen LogP contribution in [0.2, 0.25) is 0 Å². The van der Waals surface area contributed by atoms with Crippen LogP contribution in [0, 0.1) is 0 Å². The molecule has 15 heavy (non-hydrogen) atoms. The van der Waals surface area contributed by atoms with E-state index < -0.39 is 24.1 Å². The second-order valence-electron chi connectivity index (χ2n) is 2.80. The first-order valence-electron chi connectivity index (χ1n) is 4.77. The zero-order chi connectivity index (χ0) is 11.3. The molecule has 0 amide bonds. The standard InChI is InChI=1S/C8H13BO6/c1-3-12-7(10)5-6(15-9-14-5)8(11)13-4-2/h5-6,9H,3-4H2,1-2H3. The molecule has 1 heterocycles. The summed E-state index contributed by atoms with van der Waals surface area (Å²) in [7, 11) is -0.104. The van der Waals surface area contributed by atoms with Gasteiger partial charge in [-0.1, -0.05) is 0 Å². The van der Waals surface area contributed by atoms with E-state index in [9.17, 15) is 9.59 Å². The lowest BCUT2D eigenvalue weighted by atomic mass is 10.2. The summed E-state index contributed by atoms with van der Waals surface area (Å²) in [5.74, 6) is -1.21. The summed E-state index contributed by atoms with van der Waals surface area (Å²) in [4.78, 5) is 22.7. The summed E-state index contributed by atoms with van der Waals surface area (Å²) >= 11 is 0. The number of hydrogen-bond acceptors (Lipinski definition) is 6. The molecule has 0 radical (unpaired) electrons. The van der Waals surface area contributed by atoms with Gasteiger partial charge in [-0.05, 0) is 13.8 Å². The molecule has 2 atom stereocenters. The van der Waals surface area contributed by atoms with Gasteiger partial charge in [-0.3, -0.25) is 0 Å². The Balaban J connectivity index is 2.56. The molecule has 0 saturated carbocycles. The topological polar surface area (TPSA) is 71.1 Å². The van der Waals surface area contributed by atoms with E-state index in [-0.39, 0.29) is 20.9 Å². The molecule has 0 N–H and O–H groups in total. The van der Waals surface area contributed by atoms with Crippen LogP contribution in [0.15, 0.2) is 0 Å². The summed E-state index contributed by atoms with van der Waals surface area (Å²) in [6.07, 6.45) is -2.02. The summed E-state index contributed by atoms with van der Waals surface area (Å²) in [6, 6.07) is 0. The highest BCUT2D eigenvalue weighted by atomic mass is 16.7. The van der Waals surface area contributed by atoms with E-state index in [0.717, 1.165) is 0 Å². The second kappa shape index (κ2) is 5.72. The average molecular weight is 216 g/mol. The Kier molecular flexibility index (Phi) is 4.58. The minimum Gasteiger partial charge on any atom is -0.464 e. The van der Waals surface area contributed by atoms with Crippen molar-refractivity contribution in [1.82, 2.24) is 0 Å². The molecule has 84 valence electrons. The molecule has 1 saturated heterocycles. The molecular formula is C8H13BO6. The Morgan fingerprint density at radius 2 is 1.47 bits per heavy atom. The van der Waals surface area contributed by atoms with Gasteiger partial charge < -0.3 is 18.8 Å². The molecule has 2 unspecified atom stereocenters. The predicted molar refractivity (Wildman–Crippen MR) is 50.2 cm³/mol. The second-order valence-corrected chi connectivity index (χ2v) is 2.80. The fraction of sp³-hybridized carbons (Fsp3) is 0.750. The van der Waals surface area contributed by atoms with Crippen molar-refractivity contribution in [1.29, 1.82) is 0 Å². The van der Waals surface area contributed by atoms with E-state index >= 15 is 0 Å². The van der Waals surface area contributed by atoms with Crippen molar-refractivity contribution in [2.24, 2.45) is 0 Å². The number of ether oxygens (including phenoxy) is 2. The lowest BCUT2D eigenvalue weighted by molar-refractivity contribution is -0.163. The molecule has 1 rings (SSSR count). The first-order valence-corrected chi connectivity index (χ1v) is 4.77. The Morgan fingerprint density at radius 3 is 1.80 bits per heavy atom. The molecule has 0 spiro atoms. The lowest BCUT2D eigenvalue weighted by Crippen LogP contribution is -2.39. The SMILES string of the molecule is CCOC(=O)C1OBOC1C(=O)OCC. The molecule has 0 aromatic heterocycles. The highest BCUT2D eigenvalue weighted by Gasteiger charge is 2.42. The zero-order valence-electron chi connectivity index (χ0n) is 8.73. The number of rotatable bonds is 4. The summed E-state index contributed by atoms with van der Waals surface area (Å²) < 4.78 is 19.4. The molecule has 1 fully saturated rings. The van der Waals surface area contributed by atoms with Gasteiger partial charge in [0.05, 0.1) is 13.2 Å². The quantitative estimate of drug-likeness (QED) is 0.450. The minimum absolute atomic E-state index is 0.104. The first-order chi connectivity index (χ1) is 7.20. The van der Waals surface area contributed by atoms with Gasteiger partial charge in [-0.15, -0.1) is 0 Å². The van der Waals surface area contributed by atoms with E-state index in [1.165, 1.54) is 0 Å². The van der Waals surface area contributed by atoms with Crippen molar-refractivity contribution in [3.05, 3.63) is 0 Å². The number of esters is 2. The molecule has 6 nitrogen and oxygen atoms in total. The van der Waals surface area contributed by atoms with Crippen LogP contribution in [0.4, 0.5) is 0 Å². The minimum atomic E-state index is -1.01. The van der Waals surface area contributed by atoms with Crippen molar-refractivity contribution < 1.29 is 28.4 Å². The molecule has 7 heteroatoms. The van der Waals surface area contributed by atoms with Crippen molar-refractivity contribution in [2.75, 3.05) is 13.2 Å². The van der Waals surface area contributed by atoms with Crippen molar-refractivity contribution in [2.45, 2.75) is 26.1 Å². The largest absolute Gasteiger partial charge is 0.464 e. The summed E-state index contributed by atoms with van der Waals surface area (Å²) in [5, 5.41) is 0. The molecule has 0 aromatic rings. The lowest BCUT2D eigenvalue weighted by Gasteiger charge is -2.15. The number of hydrogen-bond donors (Lipinski definition) is 0. The van der Waals surface area contributed by atoms with Crippen LogP contribution in [0.25, 0.3) is 0 Å². The summed E-state index contributed by atoms with van der Waals surface area (Å²) in [6.45, 7) is 3.81. The van der Waals surface area contributed by atoms with Gasteiger partial charge in [0.1, 0.15) is 0 Å². The Hall–Kier alpha value is -1.08. The number of carbonyl (C=O) groups is 2. The molecule has 0 aliphatic carbocycles. The third kappa shape index (κ3) is 2.94. The molecule has 1 aliphatic rings. The van der Waals surface area contributed by atoms with Gasteiger partial charge in [-0.25, -0.2) is 9.59 Å². The fourth-order valence-corrected chi connectivity index (χ4v) is 1.19. The van der Waals surface area contributed by atoms with Gasteiger partial charge in [0, 0.05) is 0 Å². The van der Waals surface area contributed by atoms with Gasteiger partial charge in [0.15, 0.2) is 12.2 Å². The third-order valence-electron chi connectivity index (χ3n) is 1.81. The fourth-order valence-electron chi connectivity index (χ4n) is 1.19. The summed E-state index contributed by atoms with van der Waals surface area (Å²) in [5.41, 5.74) is 0. The van der Waals surface area contributed by atoms with Gasteiger partial charge in [0.25, 0.3) is 0 Å². The Bertz CT molecular complexity index is 219. The maximum absolute atomic E-state index is 11.3. The zero-order valence-corrected chi connectivity index (χ0v) is 8.73. The van der Waals surface area contributed by atoms with Gasteiger partial charge >= 0.3 is 19.6 Å². The highest BCUT2D eigenvalue weighted by molar-refractivity contribution is 6.21. The van der Waals surface area contributed by atoms with E-state index in [1.54, 1.807) is 13.8 Å². The average Bonchev–Trinajstić information content (AvgIpc) is 2.66. The van der Waals surface area contributed by atoms with Crippen molar-refractivity contribution >= 4 is 19.6 Å². The smallest absolute Gasteiger partial charge is 0.439 e. The van der Waals surface area contributed by atoms with Crippen LogP contribution in [-0.2, 0) is 28.4 Å². The maximum Gasteiger partial charge on any atom is 0.439 e. The van der Waals surface area contributed by atoms with E-state index in [4.69, 9.17) is 18.8 Å². The normalized spacial score (nSPS) is 24.4. The van der Waals surface area contributed by atoms with Gasteiger partial charge in [0.2, 0.25) is 0 Å². The number of carbonyl (C=O) groups excluding carboxylic acids is 2. The highest BCUT2D eigenvalue weighted by Crippen LogP contribution is 2.14. The van der Waals surface area contributed by atoms with Crippen LogP contribution in [-0.4, -0.2) is 45.0 Å². The molecule has 1 aliphatic heterocycles. The van der Waals surface area contributed by atoms with E-state index in [1.807, 2.05) is 0 Å². The van der Waals surface area contributed by atoms with Crippen molar-refractivity contribution in [3.63, 3.8) is 0 Å². The van der Waals surface area contributed by atoms with E-state index in [2.05, 4.69) is 0 Å². The Morgan fingerprint density at radius 1 is 1.07 bits per heavy atom. The van der Waals surface area contributed by atoms with E-state index in [0.29, 0.717) is 0 Å². The van der Waals surface area contributed by atoms with Crippen LogP contribution >= 0.6 is 0 Å². The predicted octanol–water partition coefficient (Wildman–Crippen LogP) is -0.837. The van der Waals surface area contributed by atoms with Crippen LogP contribution in [0.5, 0.6) is 0 Å². The third-order valence-corrected chi connectivity index (χ3v) is 1.81. The maximum atomic E-state index is 11.3. The molecular weight excluding hydrogens is 203 g/mol. The van der Waals surface area contributed by atoms with Crippen LogP contribution in [0.1, 0.15) is 13.8 Å². The van der Waals surface area contributed by atoms with Crippen LogP contribution in [0.3, 0.4) is 0 Å². The van der Waals surface area contributed by atoms with Gasteiger partial charge in [-0.2, -0.15) is 0 Å². The Labute approximate surface area is 88.1 Å². The van der Waals surface area contributed by atoms with Crippen molar-refractivity contribution in [3.8, 4) is 0 Å². The molecule has 0 aromatic carbocycles. The monoisotopic (exact) mass is 216 g/mol. The molecule has 0 bridgehead atoms. The first kappa shape index (κ1) is 12.0. The van der Waals surface area contributed by atoms with Crippen LogP contribution < -0.4 is 0 Å².